The average Bonchev–Trinajstić information content (AvgIpc) is 3.30. The van der Waals surface area contributed by atoms with Gasteiger partial charge >= 0.3 is 0 Å². The van der Waals surface area contributed by atoms with Crippen molar-refractivity contribution in [1.29, 1.82) is 0 Å². The second kappa shape index (κ2) is 6.81. The summed E-state index contributed by atoms with van der Waals surface area (Å²) in [5, 5.41) is 9.08. The van der Waals surface area contributed by atoms with Crippen molar-refractivity contribution in [1.82, 2.24) is 0 Å². The molecular weight excluding hydrogens is 414 g/mol. The third kappa shape index (κ3) is 3.12. The van der Waals surface area contributed by atoms with E-state index in [9.17, 15) is 0 Å². The van der Waals surface area contributed by atoms with Gasteiger partial charge in [-0.1, -0.05) is 57.2 Å². The molecule has 6 rings (SSSR count). The molecule has 4 aromatic carbocycles. The monoisotopic (exact) mass is 437 g/mol. The van der Waals surface area contributed by atoms with E-state index in [-0.39, 0.29) is 5.41 Å². The Morgan fingerprint density at radius 3 is 2.13 bits per heavy atom. The van der Waals surface area contributed by atoms with Gasteiger partial charge in [-0.05, 0) is 53.4 Å². The van der Waals surface area contributed by atoms with E-state index in [2.05, 4.69) is 105 Å². The van der Waals surface area contributed by atoms with Crippen LogP contribution >= 0.6 is 22.7 Å². The summed E-state index contributed by atoms with van der Waals surface area (Å²) < 4.78 is 5.38. The van der Waals surface area contributed by atoms with E-state index >= 15 is 0 Å². The van der Waals surface area contributed by atoms with Crippen LogP contribution in [-0.4, -0.2) is 0 Å². The predicted molar refractivity (Wildman–Crippen MR) is 141 cm³/mol. The second-order valence-electron chi connectivity index (χ2n) is 9.18. The maximum absolute atomic E-state index is 3.66. The van der Waals surface area contributed by atoms with Crippen LogP contribution in [0.25, 0.3) is 40.3 Å². The van der Waals surface area contributed by atoms with Crippen molar-refractivity contribution in [3.8, 4) is 0 Å². The van der Waals surface area contributed by atoms with E-state index < -0.39 is 0 Å². The van der Waals surface area contributed by atoms with E-state index in [1.165, 1.54) is 45.9 Å². The van der Waals surface area contributed by atoms with Gasteiger partial charge in [0.05, 0.1) is 0 Å². The lowest BCUT2D eigenvalue weighted by Gasteiger charge is -2.20. The van der Waals surface area contributed by atoms with Gasteiger partial charge in [0.15, 0.2) is 0 Å². The fourth-order valence-corrected chi connectivity index (χ4v) is 6.76. The molecule has 0 bridgehead atoms. The van der Waals surface area contributed by atoms with E-state index in [1.807, 2.05) is 22.7 Å². The third-order valence-corrected chi connectivity index (χ3v) is 8.24. The average molecular weight is 438 g/mol. The van der Waals surface area contributed by atoms with Crippen LogP contribution in [0, 0.1) is 0 Å². The van der Waals surface area contributed by atoms with Crippen molar-refractivity contribution >= 4 is 74.4 Å². The first-order chi connectivity index (χ1) is 15.0. The molecule has 0 fully saturated rings. The molecule has 152 valence electrons. The molecule has 3 heteroatoms. The number of benzene rings is 4. The molecule has 6 aromatic rings. The molecule has 0 unspecified atom stereocenters. The molecule has 31 heavy (non-hydrogen) atoms. The summed E-state index contributed by atoms with van der Waals surface area (Å²) >= 11 is 3.74. The minimum absolute atomic E-state index is 0.114. The molecule has 1 nitrogen and oxygen atoms in total. The van der Waals surface area contributed by atoms with Crippen LogP contribution in [0.2, 0.25) is 0 Å². The number of nitrogens with one attached hydrogen (secondary N) is 1. The highest BCUT2D eigenvalue weighted by atomic mass is 32.1. The van der Waals surface area contributed by atoms with Crippen molar-refractivity contribution in [3.63, 3.8) is 0 Å². The molecule has 2 aromatic heterocycles. The van der Waals surface area contributed by atoms with Crippen molar-refractivity contribution in [2.24, 2.45) is 0 Å². The molecule has 0 spiro atoms. The summed E-state index contributed by atoms with van der Waals surface area (Å²) in [6.07, 6.45) is 0. The fourth-order valence-electron chi connectivity index (χ4n) is 4.50. The molecule has 0 amide bonds. The number of fused-ring (bicyclic) bond motifs is 6. The Labute approximate surface area is 190 Å². The standard InChI is InChI=1S/C28H23NS2/c1-28(2,3)22-8-6-10-25-27(22)21-15-17(12-14-24(21)30-25)29-18-11-13-20-19-7-4-5-9-23(19)31-26(20)16-18/h4-16,29H,1-3H3. The number of anilines is 2. The molecule has 0 saturated carbocycles. The van der Waals surface area contributed by atoms with Crippen LogP contribution in [0.4, 0.5) is 11.4 Å². The lowest BCUT2D eigenvalue weighted by molar-refractivity contribution is 0.596. The van der Waals surface area contributed by atoms with E-state index in [4.69, 9.17) is 0 Å². The Bertz CT molecular complexity index is 1590. The first-order valence-corrected chi connectivity index (χ1v) is 12.2. The second-order valence-corrected chi connectivity index (χ2v) is 11.3. The zero-order valence-electron chi connectivity index (χ0n) is 17.8. The number of thiophene rings is 2. The Hall–Kier alpha value is -2.88. The van der Waals surface area contributed by atoms with Gasteiger partial charge in [0.25, 0.3) is 0 Å². The summed E-state index contributed by atoms with van der Waals surface area (Å²) in [4.78, 5) is 0. The number of hydrogen-bond acceptors (Lipinski definition) is 3. The van der Waals surface area contributed by atoms with Crippen molar-refractivity contribution in [2.45, 2.75) is 26.2 Å². The van der Waals surface area contributed by atoms with Crippen LogP contribution in [0.5, 0.6) is 0 Å². The molecule has 0 saturated heterocycles. The first kappa shape index (κ1) is 18.9. The van der Waals surface area contributed by atoms with Crippen molar-refractivity contribution < 1.29 is 0 Å². The molecule has 1 N–H and O–H groups in total. The summed E-state index contributed by atoms with van der Waals surface area (Å²) in [6, 6.07) is 28.9. The largest absolute Gasteiger partial charge is 0.355 e. The zero-order valence-corrected chi connectivity index (χ0v) is 19.5. The van der Waals surface area contributed by atoms with Gasteiger partial charge in [0, 0.05) is 51.7 Å². The number of rotatable bonds is 2. The summed E-state index contributed by atoms with van der Waals surface area (Å²) in [6.45, 7) is 6.90. The molecule has 0 radical (unpaired) electrons. The van der Waals surface area contributed by atoms with Crippen molar-refractivity contribution in [2.75, 3.05) is 5.32 Å². The SMILES string of the molecule is CC(C)(C)c1cccc2sc3ccc(Nc4ccc5c(c4)sc4ccccc45)cc3c12. The highest BCUT2D eigenvalue weighted by molar-refractivity contribution is 7.26. The van der Waals surface area contributed by atoms with Crippen LogP contribution in [0.15, 0.2) is 78.9 Å². The van der Waals surface area contributed by atoms with Crippen LogP contribution in [0.1, 0.15) is 26.3 Å². The first-order valence-electron chi connectivity index (χ1n) is 10.6. The molecule has 2 heterocycles. The van der Waals surface area contributed by atoms with E-state index in [1.54, 1.807) is 0 Å². The maximum Gasteiger partial charge on any atom is 0.0398 e. The van der Waals surface area contributed by atoms with Crippen LogP contribution < -0.4 is 5.32 Å². The molecule has 0 aliphatic carbocycles. The van der Waals surface area contributed by atoms with Gasteiger partial charge in [-0.2, -0.15) is 0 Å². The highest BCUT2D eigenvalue weighted by Crippen LogP contribution is 2.41. The van der Waals surface area contributed by atoms with Crippen LogP contribution in [0.3, 0.4) is 0 Å². The molecule has 0 atom stereocenters. The van der Waals surface area contributed by atoms with E-state index in [0.717, 1.165) is 11.4 Å². The van der Waals surface area contributed by atoms with Crippen molar-refractivity contribution in [3.05, 3.63) is 84.4 Å². The predicted octanol–water partition coefficient (Wildman–Crippen LogP) is 9.46. The topological polar surface area (TPSA) is 12.0 Å². The summed E-state index contributed by atoms with van der Waals surface area (Å²) in [7, 11) is 0. The van der Waals surface area contributed by atoms with Crippen LogP contribution in [-0.2, 0) is 5.41 Å². The lowest BCUT2D eigenvalue weighted by Crippen LogP contribution is -2.11. The third-order valence-electron chi connectivity index (χ3n) is 5.97. The Balaban J connectivity index is 1.46. The highest BCUT2D eigenvalue weighted by Gasteiger charge is 2.19. The van der Waals surface area contributed by atoms with Gasteiger partial charge in [0.1, 0.15) is 0 Å². The maximum atomic E-state index is 3.66. The molecule has 0 aliphatic rings. The zero-order chi connectivity index (χ0) is 21.2. The normalized spacial score (nSPS) is 12.4. The lowest BCUT2D eigenvalue weighted by atomic mass is 9.84. The fraction of sp³-hybridized carbons (Fsp3) is 0.143. The summed E-state index contributed by atoms with van der Waals surface area (Å²) in [5.74, 6) is 0. The summed E-state index contributed by atoms with van der Waals surface area (Å²) in [5.41, 5.74) is 3.80. The molecular formula is C28H23NS2. The van der Waals surface area contributed by atoms with Gasteiger partial charge in [0.2, 0.25) is 0 Å². The minimum atomic E-state index is 0.114. The quantitative estimate of drug-likeness (QED) is 0.284. The molecule has 0 aliphatic heterocycles. The van der Waals surface area contributed by atoms with Gasteiger partial charge in [-0.15, -0.1) is 22.7 Å². The van der Waals surface area contributed by atoms with E-state index in [0.29, 0.717) is 0 Å². The van der Waals surface area contributed by atoms with Gasteiger partial charge in [-0.25, -0.2) is 0 Å². The Morgan fingerprint density at radius 2 is 1.26 bits per heavy atom. The Kier molecular flexibility index (Phi) is 4.14. The van der Waals surface area contributed by atoms with Gasteiger partial charge in [-0.3, -0.25) is 0 Å². The smallest absolute Gasteiger partial charge is 0.0398 e. The Morgan fingerprint density at radius 1 is 0.581 bits per heavy atom. The minimum Gasteiger partial charge on any atom is -0.355 e. The van der Waals surface area contributed by atoms with Gasteiger partial charge < -0.3 is 5.32 Å². The number of hydrogen-bond donors (Lipinski definition) is 1.